The lowest BCUT2D eigenvalue weighted by Crippen LogP contribution is -2.48. The van der Waals surface area contributed by atoms with Crippen LogP contribution in [0.15, 0.2) is 53.4 Å². The number of carbonyl (C=O) groups is 1. The van der Waals surface area contributed by atoms with Gasteiger partial charge in [0.15, 0.2) is 0 Å². The number of sulfonamides is 2. The van der Waals surface area contributed by atoms with Crippen molar-refractivity contribution in [3.8, 4) is 5.75 Å². The number of carbonyl (C=O) groups excluding carboxylic acids is 1. The Morgan fingerprint density at radius 1 is 1.14 bits per heavy atom. The van der Waals surface area contributed by atoms with Crippen molar-refractivity contribution < 1.29 is 31.1 Å². The highest BCUT2D eigenvalue weighted by atomic mass is 35.5. The Balaban J connectivity index is 1.54. The minimum atomic E-state index is -3.75. The molecule has 1 N–H and O–H groups in total. The van der Waals surface area contributed by atoms with Gasteiger partial charge in [0.2, 0.25) is 26.0 Å². The number of benzene rings is 2. The molecule has 1 atom stereocenters. The summed E-state index contributed by atoms with van der Waals surface area (Å²) in [4.78, 5) is 12.8. The molecular formula is C22H28ClN3O7S2. The fourth-order valence-corrected chi connectivity index (χ4v) is 6.32. The predicted molar refractivity (Wildman–Crippen MR) is 133 cm³/mol. The Kier molecular flexibility index (Phi) is 9.00. The van der Waals surface area contributed by atoms with Crippen LogP contribution in [-0.4, -0.2) is 78.8 Å². The Morgan fingerprint density at radius 3 is 2.40 bits per heavy atom. The number of morpholine rings is 1. The van der Waals surface area contributed by atoms with E-state index in [1.165, 1.54) is 29.4 Å². The first-order valence-electron chi connectivity index (χ1n) is 10.8. The van der Waals surface area contributed by atoms with Gasteiger partial charge in [-0.05, 0) is 49.4 Å². The van der Waals surface area contributed by atoms with Crippen molar-refractivity contribution in [2.45, 2.75) is 17.9 Å². The van der Waals surface area contributed by atoms with Crippen LogP contribution in [0.25, 0.3) is 0 Å². The van der Waals surface area contributed by atoms with E-state index in [-0.39, 0.29) is 23.7 Å². The summed E-state index contributed by atoms with van der Waals surface area (Å²) < 4.78 is 63.2. The Hall–Kier alpha value is -2.38. The molecule has 0 radical (unpaired) electrons. The van der Waals surface area contributed by atoms with Crippen molar-refractivity contribution in [2.75, 3.05) is 50.0 Å². The molecule has 192 valence electrons. The highest BCUT2D eigenvalue weighted by Gasteiger charge is 2.29. The molecule has 13 heteroatoms. The third-order valence-electron chi connectivity index (χ3n) is 5.25. The highest BCUT2D eigenvalue weighted by Crippen LogP contribution is 2.24. The number of hydrogen-bond donors (Lipinski definition) is 1. The van der Waals surface area contributed by atoms with E-state index >= 15 is 0 Å². The Bertz CT molecular complexity index is 1230. The number of anilines is 1. The Labute approximate surface area is 210 Å². The molecule has 1 fully saturated rings. The van der Waals surface area contributed by atoms with Gasteiger partial charge in [-0.1, -0.05) is 17.7 Å². The average Bonchev–Trinajstić information content (AvgIpc) is 2.82. The maximum absolute atomic E-state index is 12.7. The molecular weight excluding hydrogens is 518 g/mol. The largest absolute Gasteiger partial charge is 0.492 e. The van der Waals surface area contributed by atoms with Crippen LogP contribution >= 0.6 is 11.6 Å². The van der Waals surface area contributed by atoms with E-state index in [9.17, 15) is 21.6 Å². The van der Waals surface area contributed by atoms with Gasteiger partial charge < -0.3 is 14.8 Å². The lowest BCUT2D eigenvalue weighted by Gasteiger charge is -2.28. The standard InChI is InChI=1S/C22H28ClN3O7S2/c1-17(26(34(2,28)29)19-5-3-4-18(23)16-19)22(27)24-10-13-33-20-6-8-21(9-7-20)35(30,31)25-11-14-32-15-12-25/h3-9,16-17H,10-15H2,1-2H3,(H,24,27). The zero-order valence-electron chi connectivity index (χ0n) is 19.4. The van der Waals surface area contributed by atoms with E-state index in [1.54, 1.807) is 30.3 Å². The van der Waals surface area contributed by atoms with Gasteiger partial charge in [0.25, 0.3) is 0 Å². The SMILES string of the molecule is CC(C(=O)NCCOc1ccc(S(=O)(=O)N2CCOCC2)cc1)N(c1cccc(Cl)c1)S(C)(=O)=O. The fourth-order valence-electron chi connectivity index (χ4n) is 3.56. The molecule has 1 heterocycles. The van der Waals surface area contributed by atoms with E-state index in [0.717, 1.165) is 10.6 Å². The third-order valence-corrected chi connectivity index (χ3v) is 8.64. The molecule has 0 aromatic heterocycles. The molecule has 1 saturated heterocycles. The molecule has 0 saturated carbocycles. The van der Waals surface area contributed by atoms with Gasteiger partial charge in [0, 0.05) is 18.1 Å². The number of halogens is 1. The number of amides is 1. The first-order valence-corrected chi connectivity index (χ1v) is 14.5. The maximum atomic E-state index is 12.7. The number of ether oxygens (including phenoxy) is 2. The van der Waals surface area contributed by atoms with Crippen LogP contribution in [0.2, 0.25) is 5.02 Å². The van der Waals surface area contributed by atoms with Gasteiger partial charge in [-0.15, -0.1) is 0 Å². The molecule has 2 aromatic rings. The lowest BCUT2D eigenvalue weighted by atomic mass is 10.2. The van der Waals surface area contributed by atoms with E-state index in [0.29, 0.717) is 37.1 Å². The molecule has 1 amide bonds. The molecule has 0 bridgehead atoms. The summed E-state index contributed by atoms with van der Waals surface area (Å²) in [6.45, 7) is 3.05. The number of rotatable bonds is 10. The molecule has 0 spiro atoms. The van der Waals surface area contributed by atoms with Gasteiger partial charge >= 0.3 is 0 Å². The number of nitrogens with one attached hydrogen (secondary N) is 1. The second-order valence-electron chi connectivity index (χ2n) is 7.84. The second kappa shape index (κ2) is 11.6. The molecule has 1 unspecified atom stereocenters. The molecule has 3 rings (SSSR count). The van der Waals surface area contributed by atoms with Gasteiger partial charge in [0.1, 0.15) is 18.4 Å². The highest BCUT2D eigenvalue weighted by molar-refractivity contribution is 7.92. The van der Waals surface area contributed by atoms with Crippen molar-refractivity contribution in [1.29, 1.82) is 0 Å². The van der Waals surface area contributed by atoms with Crippen LogP contribution in [-0.2, 0) is 29.6 Å². The van der Waals surface area contributed by atoms with Crippen molar-refractivity contribution >= 4 is 43.2 Å². The van der Waals surface area contributed by atoms with Gasteiger partial charge in [-0.2, -0.15) is 4.31 Å². The van der Waals surface area contributed by atoms with Crippen LogP contribution < -0.4 is 14.4 Å². The first-order chi connectivity index (χ1) is 16.5. The Morgan fingerprint density at radius 2 is 1.80 bits per heavy atom. The summed E-state index contributed by atoms with van der Waals surface area (Å²) >= 11 is 5.98. The van der Waals surface area contributed by atoms with E-state index < -0.39 is 32.0 Å². The summed E-state index contributed by atoms with van der Waals surface area (Å²) in [5, 5.41) is 3.00. The number of nitrogens with zero attached hydrogens (tertiary/aromatic N) is 2. The lowest BCUT2D eigenvalue weighted by molar-refractivity contribution is -0.121. The topological polar surface area (TPSA) is 122 Å². The molecule has 35 heavy (non-hydrogen) atoms. The smallest absolute Gasteiger partial charge is 0.243 e. The summed E-state index contributed by atoms with van der Waals surface area (Å²) in [6.07, 6.45) is 1.02. The van der Waals surface area contributed by atoms with Crippen molar-refractivity contribution in [3.05, 3.63) is 53.6 Å². The second-order valence-corrected chi connectivity index (χ2v) is 12.1. The summed E-state index contributed by atoms with van der Waals surface area (Å²) in [5.74, 6) is -0.0733. The molecule has 1 aliphatic heterocycles. The summed E-state index contributed by atoms with van der Waals surface area (Å²) in [5.41, 5.74) is 0.283. The van der Waals surface area contributed by atoms with Crippen LogP contribution in [0.3, 0.4) is 0 Å². The normalized spacial score (nSPS) is 15.9. The van der Waals surface area contributed by atoms with E-state index in [4.69, 9.17) is 21.1 Å². The first kappa shape index (κ1) is 27.2. The average molecular weight is 546 g/mol. The predicted octanol–water partition coefficient (Wildman–Crippen LogP) is 1.71. The van der Waals surface area contributed by atoms with E-state index in [1.807, 2.05) is 0 Å². The quantitative estimate of drug-likeness (QED) is 0.451. The molecule has 10 nitrogen and oxygen atoms in total. The van der Waals surface area contributed by atoms with Gasteiger partial charge in [-0.25, -0.2) is 16.8 Å². The van der Waals surface area contributed by atoms with Crippen molar-refractivity contribution in [2.24, 2.45) is 0 Å². The van der Waals surface area contributed by atoms with Gasteiger partial charge in [0.05, 0.1) is 36.6 Å². The third kappa shape index (κ3) is 7.07. The monoisotopic (exact) mass is 545 g/mol. The summed E-state index contributed by atoms with van der Waals surface area (Å²) in [7, 11) is -7.35. The molecule has 0 aliphatic carbocycles. The fraction of sp³-hybridized carbons (Fsp3) is 0.409. The zero-order chi connectivity index (χ0) is 25.6. The van der Waals surface area contributed by atoms with Crippen LogP contribution in [0.4, 0.5) is 5.69 Å². The minimum absolute atomic E-state index is 0.101. The molecule has 1 aliphatic rings. The van der Waals surface area contributed by atoms with Crippen LogP contribution in [0, 0.1) is 0 Å². The van der Waals surface area contributed by atoms with Crippen molar-refractivity contribution in [1.82, 2.24) is 9.62 Å². The van der Waals surface area contributed by atoms with Crippen LogP contribution in [0.5, 0.6) is 5.75 Å². The van der Waals surface area contributed by atoms with Gasteiger partial charge in [-0.3, -0.25) is 9.10 Å². The molecule has 2 aromatic carbocycles. The summed E-state index contributed by atoms with van der Waals surface area (Å²) in [6, 6.07) is 11.2. The van der Waals surface area contributed by atoms with Crippen molar-refractivity contribution in [3.63, 3.8) is 0 Å². The van der Waals surface area contributed by atoms with Crippen LogP contribution in [0.1, 0.15) is 6.92 Å². The van der Waals surface area contributed by atoms with E-state index in [2.05, 4.69) is 5.32 Å². The maximum Gasteiger partial charge on any atom is 0.243 e. The zero-order valence-corrected chi connectivity index (χ0v) is 21.8. The minimum Gasteiger partial charge on any atom is -0.492 e. The number of hydrogen-bond acceptors (Lipinski definition) is 7.